The third-order valence-corrected chi connectivity index (χ3v) is 15.4. The molecule has 0 rings (SSSR count). The van der Waals surface area contributed by atoms with Crippen LogP contribution in [0.5, 0.6) is 0 Å². The molecule has 0 saturated carbocycles. The first kappa shape index (κ1) is 70.4. The molecule has 428 valence electrons. The summed E-state index contributed by atoms with van der Waals surface area (Å²) in [6.45, 7) is 6.68. The lowest BCUT2D eigenvalue weighted by Crippen LogP contribution is -2.30. The summed E-state index contributed by atoms with van der Waals surface area (Å²) in [6, 6.07) is 0. The Bertz CT molecular complexity index is 1080. The molecule has 0 spiro atoms. The molecule has 0 bridgehead atoms. The lowest BCUT2D eigenvalue weighted by molar-refractivity contribution is -0.167. The summed E-state index contributed by atoms with van der Waals surface area (Å²) >= 11 is 0. The van der Waals surface area contributed by atoms with Crippen molar-refractivity contribution in [1.29, 1.82) is 0 Å². The number of unbranched alkanes of at least 4 members (excludes halogenated alkanes) is 51. The molecule has 0 aromatic rings. The van der Waals surface area contributed by atoms with E-state index in [0.717, 1.165) is 57.8 Å². The van der Waals surface area contributed by atoms with Gasteiger partial charge in [-0.15, -0.1) is 0 Å². The van der Waals surface area contributed by atoms with Crippen LogP contribution in [0.15, 0.2) is 0 Å². The van der Waals surface area contributed by atoms with Crippen LogP contribution in [-0.2, 0) is 28.6 Å². The third-order valence-electron chi connectivity index (χ3n) is 15.4. The highest BCUT2D eigenvalue weighted by molar-refractivity contribution is 5.71. The van der Waals surface area contributed by atoms with Gasteiger partial charge in [-0.1, -0.05) is 348 Å². The minimum atomic E-state index is -0.761. The standard InChI is InChI=1S/C66H128O6/c1-4-7-10-13-16-18-20-22-24-26-28-29-30-31-32-33-34-35-36-38-39-41-43-45-47-50-53-56-59-65(68)71-62-63(61-70-64(67)58-55-52-49-15-12-9-6-3)72-66(69)60-57-54-51-48-46-44-42-40-37-27-25-23-21-19-17-14-11-8-5-2/h63H,4-62H2,1-3H3. The summed E-state index contributed by atoms with van der Waals surface area (Å²) in [5.74, 6) is -0.836. The van der Waals surface area contributed by atoms with E-state index in [-0.39, 0.29) is 31.1 Å². The monoisotopic (exact) mass is 1020 g/mol. The van der Waals surface area contributed by atoms with Crippen LogP contribution in [0.4, 0.5) is 0 Å². The number of hydrogen-bond donors (Lipinski definition) is 0. The van der Waals surface area contributed by atoms with Gasteiger partial charge in [0.1, 0.15) is 13.2 Å². The van der Waals surface area contributed by atoms with Gasteiger partial charge in [0.2, 0.25) is 0 Å². The summed E-state index contributed by atoms with van der Waals surface area (Å²) in [5, 5.41) is 0. The van der Waals surface area contributed by atoms with Crippen LogP contribution < -0.4 is 0 Å². The molecule has 0 aliphatic heterocycles. The van der Waals surface area contributed by atoms with Crippen LogP contribution in [0.1, 0.15) is 387 Å². The van der Waals surface area contributed by atoms with E-state index < -0.39 is 6.10 Å². The molecule has 1 atom stereocenters. The number of esters is 3. The van der Waals surface area contributed by atoms with Crippen LogP contribution in [0, 0.1) is 0 Å². The molecule has 0 amide bonds. The van der Waals surface area contributed by atoms with Gasteiger partial charge in [-0.05, 0) is 19.3 Å². The van der Waals surface area contributed by atoms with E-state index in [1.54, 1.807) is 0 Å². The van der Waals surface area contributed by atoms with Gasteiger partial charge >= 0.3 is 17.9 Å². The highest BCUT2D eigenvalue weighted by Crippen LogP contribution is 2.19. The van der Waals surface area contributed by atoms with Crippen molar-refractivity contribution in [2.45, 2.75) is 393 Å². The second-order valence-corrected chi connectivity index (χ2v) is 22.8. The van der Waals surface area contributed by atoms with Crippen molar-refractivity contribution in [2.24, 2.45) is 0 Å². The van der Waals surface area contributed by atoms with Crippen molar-refractivity contribution in [2.75, 3.05) is 13.2 Å². The van der Waals surface area contributed by atoms with Crippen molar-refractivity contribution in [3.05, 3.63) is 0 Å². The smallest absolute Gasteiger partial charge is 0.306 e. The first-order chi connectivity index (χ1) is 35.5. The van der Waals surface area contributed by atoms with Crippen LogP contribution in [0.3, 0.4) is 0 Å². The van der Waals surface area contributed by atoms with Crippen LogP contribution in [0.25, 0.3) is 0 Å². The third kappa shape index (κ3) is 59.3. The molecule has 0 fully saturated rings. The molecule has 0 heterocycles. The number of ether oxygens (including phenoxy) is 3. The van der Waals surface area contributed by atoms with Crippen LogP contribution >= 0.6 is 0 Å². The van der Waals surface area contributed by atoms with Gasteiger partial charge in [0.05, 0.1) is 0 Å². The van der Waals surface area contributed by atoms with E-state index in [1.165, 1.54) is 289 Å². The fourth-order valence-corrected chi connectivity index (χ4v) is 10.4. The van der Waals surface area contributed by atoms with E-state index in [2.05, 4.69) is 20.8 Å². The van der Waals surface area contributed by atoms with E-state index in [0.29, 0.717) is 19.3 Å². The summed E-state index contributed by atoms with van der Waals surface area (Å²) in [6.07, 6.45) is 71.6. The van der Waals surface area contributed by atoms with Crippen LogP contribution in [-0.4, -0.2) is 37.2 Å². The Morgan fingerprint density at radius 3 is 0.556 bits per heavy atom. The lowest BCUT2D eigenvalue weighted by atomic mass is 10.0. The molecule has 0 aromatic carbocycles. The molecule has 72 heavy (non-hydrogen) atoms. The molecular weight excluding hydrogens is 889 g/mol. The molecule has 1 unspecified atom stereocenters. The predicted octanol–water partition coefficient (Wildman–Crippen LogP) is 22.3. The van der Waals surface area contributed by atoms with Crippen LogP contribution in [0.2, 0.25) is 0 Å². The molecular formula is C66H128O6. The van der Waals surface area contributed by atoms with Crippen molar-refractivity contribution in [1.82, 2.24) is 0 Å². The largest absolute Gasteiger partial charge is 0.462 e. The molecule has 6 nitrogen and oxygen atoms in total. The maximum absolute atomic E-state index is 12.8. The molecule has 0 aliphatic rings. The summed E-state index contributed by atoms with van der Waals surface area (Å²) in [7, 11) is 0. The summed E-state index contributed by atoms with van der Waals surface area (Å²) < 4.78 is 16.9. The molecule has 0 saturated heterocycles. The van der Waals surface area contributed by atoms with Gasteiger partial charge in [0, 0.05) is 19.3 Å². The Hall–Kier alpha value is -1.59. The average molecular weight is 1020 g/mol. The number of hydrogen-bond acceptors (Lipinski definition) is 6. The van der Waals surface area contributed by atoms with Gasteiger partial charge in [-0.25, -0.2) is 0 Å². The Balaban J connectivity index is 4.00. The first-order valence-corrected chi connectivity index (χ1v) is 33.0. The minimum absolute atomic E-state index is 0.0615. The fraction of sp³-hybridized carbons (Fsp3) is 0.955. The van der Waals surface area contributed by atoms with E-state index in [1.807, 2.05) is 0 Å². The zero-order chi connectivity index (χ0) is 52.2. The number of rotatable bonds is 62. The SMILES string of the molecule is CCCCCCCCCCCCCCCCCCCCCCCCCCCCCCC(=O)OCC(COC(=O)CCCCCCCCC)OC(=O)CCCCCCCCCCCCCCCCCCCCC. The molecule has 6 heteroatoms. The van der Waals surface area contributed by atoms with E-state index >= 15 is 0 Å². The second kappa shape index (κ2) is 62.0. The van der Waals surface area contributed by atoms with Crippen molar-refractivity contribution in [3.63, 3.8) is 0 Å². The maximum Gasteiger partial charge on any atom is 0.306 e. The first-order valence-electron chi connectivity index (χ1n) is 33.0. The van der Waals surface area contributed by atoms with Gasteiger partial charge in [-0.3, -0.25) is 14.4 Å². The highest BCUT2D eigenvalue weighted by Gasteiger charge is 2.19. The maximum atomic E-state index is 12.8. The normalized spacial score (nSPS) is 11.9. The number of carbonyl (C=O) groups is 3. The van der Waals surface area contributed by atoms with Gasteiger partial charge < -0.3 is 14.2 Å². The summed E-state index contributed by atoms with van der Waals surface area (Å²) in [5.41, 5.74) is 0. The summed E-state index contributed by atoms with van der Waals surface area (Å²) in [4.78, 5) is 38.1. The predicted molar refractivity (Wildman–Crippen MR) is 312 cm³/mol. The Morgan fingerprint density at radius 1 is 0.222 bits per heavy atom. The Kier molecular flexibility index (Phi) is 60.6. The topological polar surface area (TPSA) is 78.9 Å². The second-order valence-electron chi connectivity index (χ2n) is 22.8. The van der Waals surface area contributed by atoms with E-state index in [4.69, 9.17) is 14.2 Å². The Morgan fingerprint density at radius 2 is 0.375 bits per heavy atom. The van der Waals surface area contributed by atoms with Crippen molar-refractivity contribution >= 4 is 17.9 Å². The van der Waals surface area contributed by atoms with E-state index in [9.17, 15) is 14.4 Å². The van der Waals surface area contributed by atoms with Crippen molar-refractivity contribution < 1.29 is 28.6 Å². The number of carbonyl (C=O) groups excluding carboxylic acids is 3. The quantitative estimate of drug-likeness (QED) is 0.0343. The zero-order valence-electron chi connectivity index (χ0n) is 49.2. The highest BCUT2D eigenvalue weighted by atomic mass is 16.6. The van der Waals surface area contributed by atoms with Crippen molar-refractivity contribution in [3.8, 4) is 0 Å². The molecule has 0 aliphatic carbocycles. The average Bonchev–Trinajstić information content (AvgIpc) is 3.38. The molecule has 0 radical (unpaired) electrons. The molecule has 0 N–H and O–H groups in total. The zero-order valence-corrected chi connectivity index (χ0v) is 49.2. The van der Waals surface area contributed by atoms with Gasteiger partial charge in [-0.2, -0.15) is 0 Å². The minimum Gasteiger partial charge on any atom is -0.462 e. The molecule has 0 aromatic heterocycles. The Labute approximate surface area is 450 Å². The fourth-order valence-electron chi connectivity index (χ4n) is 10.4. The van der Waals surface area contributed by atoms with Gasteiger partial charge in [0.15, 0.2) is 6.10 Å². The lowest BCUT2D eigenvalue weighted by Gasteiger charge is -2.18. The van der Waals surface area contributed by atoms with Gasteiger partial charge in [0.25, 0.3) is 0 Å².